The Hall–Kier alpha value is -2.86. The summed E-state index contributed by atoms with van der Waals surface area (Å²) in [6, 6.07) is 13.3. The van der Waals surface area contributed by atoms with E-state index in [1.54, 1.807) is 18.2 Å². The molecule has 4 rings (SSSR count). The van der Waals surface area contributed by atoms with Crippen LogP contribution in [0.25, 0.3) is 11.3 Å². The average molecular weight is 352 g/mol. The fourth-order valence-electron chi connectivity index (χ4n) is 2.54. The minimum absolute atomic E-state index is 0.221. The van der Waals surface area contributed by atoms with Gasteiger partial charge in [0.15, 0.2) is 16.6 Å². The number of rotatable bonds is 3. The number of hydrogen-bond acceptors (Lipinski definition) is 5. The van der Waals surface area contributed by atoms with Gasteiger partial charge in [0.2, 0.25) is 0 Å². The van der Waals surface area contributed by atoms with Crippen LogP contribution in [0, 0.1) is 6.92 Å². The molecule has 1 aromatic heterocycles. The van der Waals surface area contributed by atoms with Crippen LogP contribution in [0.2, 0.25) is 0 Å². The Morgan fingerprint density at radius 1 is 1.08 bits per heavy atom. The van der Waals surface area contributed by atoms with Crippen LogP contribution >= 0.6 is 11.3 Å². The third kappa shape index (κ3) is 3.34. The van der Waals surface area contributed by atoms with Crippen LogP contribution in [-0.4, -0.2) is 24.1 Å². The third-order valence-electron chi connectivity index (χ3n) is 3.88. The van der Waals surface area contributed by atoms with Crippen molar-refractivity contribution in [3.63, 3.8) is 0 Å². The van der Waals surface area contributed by atoms with Crippen LogP contribution in [0.5, 0.6) is 11.5 Å². The molecule has 1 amide bonds. The van der Waals surface area contributed by atoms with E-state index in [1.165, 1.54) is 16.9 Å². The molecule has 2 heterocycles. The second-order valence-electron chi connectivity index (χ2n) is 5.72. The van der Waals surface area contributed by atoms with Crippen LogP contribution in [0.1, 0.15) is 15.9 Å². The fraction of sp³-hybridized carbons (Fsp3) is 0.158. The average Bonchev–Trinajstić information content (AvgIpc) is 3.10. The number of carbonyl (C=O) groups excluding carboxylic acids is 1. The van der Waals surface area contributed by atoms with E-state index < -0.39 is 0 Å². The Bertz CT molecular complexity index is 919. The van der Waals surface area contributed by atoms with Crippen LogP contribution in [-0.2, 0) is 0 Å². The van der Waals surface area contributed by atoms with Gasteiger partial charge in [0.1, 0.15) is 13.2 Å². The molecule has 0 atom stereocenters. The summed E-state index contributed by atoms with van der Waals surface area (Å²) in [4.78, 5) is 16.9. The summed E-state index contributed by atoms with van der Waals surface area (Å²) in [6.45, 7) is 3.06. The molecule has 2 aromatic carbocycles. The Balaban J connectivity index is 1.50. The van der Waals surface area contributed by atoms with Gasteiger partial charge < -0.3 is 9.47 Å². The number of ether oxygens (including phenoxy) is 2. The number of hydrogen-bond donors (Lipinski definition) is 1. The lowest BCUT2D eigenvalue weighted by Crippen LogP contribution is -2.17. The van der Waals surface area contributed by atoms with E-state index in [2.05, 4.69) is 10.3 Å². The molecule has 25 heavy (non-hydrogen) atoms. The van der Waals surface area contributed by atoms with Crippen LogP contribution in [0.15, 0.2) is 47.8 Å². The lowest BCUT2D eigenvalue weighted by Gasteiger charge is -2.18. The van der Waals surface area contributed by atoms with Gasteiger partial charge in [-0.1, -0.05) is 29.8 Å². The second kappa shape index (κ2) is 6.57. The number of carbonyl (C=O) groups is 1. The highest BCUT2D eigenvalue weighted by atomic mass is 32.1. The summed E-state index contributed by atoms with van der Waals surface area (Å²) in [7, 11) is 0. The first-order chi connectivity index (χ1) is 12.2. The number of thiazole rings is 1. The van der Waals surface area contributed by atoms with Gasteiger partial charge in [0.25, 0.3) is 5.91 Å². The van der Waals surface area contributed by atoms with Gasteiger partial charge in [0, 0.05) is 16.5 Å². The first kappa shape index (κ1) is 15.7. The zero-order valence-corrected chi connectivity index (χ0v) is 14.4. The molecule has 1 N–H and O–H groups in total. The van der Waals surface area contributed by atoms with Crippen molar-refractivity contribution >= 4 is 22.4 Å². The highest BCUT2D eigenvalue weighted by Crippen LogP contribution is 2.31. The van der Waals surface area contributed by atoms with Crippen LogP contribution in [0.3, 0.4) is 0 Å². The van der Waals surface area contributed by atoms with Crippen molar-refractivity contribution < 1.29 is 14.3 Å². The molecule has 1 aliphatic heterocycles. The smallest absolute Gasteiger partial charge is 0.257 e. The van der Waals surface area contributed by atoms with Crippen molar-refractivity contribution in [1.82, 2.24) is 4.98 Å². The molecular formula is C19H16N2O3S. The largest absolute Gasteiger partial charge is 0.486 e. The molecule has 1 aliphatic rings. The van der Waals surface area contributed by atoms with Gasteiger partial charge in [0.05, 0.1) is 5.69 Å². The van der Waals surface area contributed by atoms with Crippen molar-refractivity contribution in [2.75, 3.05) is 18.5 Å². The van der Waals surface area contributed by atoms with Gasteiger partial charge in [-0.15, -0.1) is 11.3 Å². The van der Waals surface area contributed by atoms with Crippen molar-refractivity contribution in [3.8, 4) is 22.8 Å². The number of amides is 1. The normalized spacial score (nSPS) is 12.7. The van der Waals surface area contributed by atoms with Gasteiger partial charge in [-0.2, -0.15) is 0 Å². The molecule has 5 nitrogen and oxygen atoms in total. The van der Waals surface area contributed by atoms with Crippen molar-refractivity contribution in [2.45, 2.75) is 6.92 Å². The van der Waals surface area contributed by atoms with E-state index in [0.717, 1.165) is 11.3 Å². The maximum atomic E-state index is 12.4. The molecule has 0 radical (unpaired) electrons. The van der Waals surface area contributed by atoms with Crippen molar-refractivity contribution in [2.24, 2.45) is 0 Å². The summed E-state index contributed by atoms with van der Waals surface area (Å²) < 4.78 is 11.0. The van der Waals surface area contributed by atoms with E-state index in [0.29, 0.717) is 35.4 Å². The van der Waals surface area contributed by atoms with E-state index in [1.807, 2.05) is 36.6 Å². The maximum absolute atomic E-state index is 12.4. The van der Waals surface area contributed by atoms with Gasteiger partial charge in [-0.05, 0) is 25.1 Å². The second-order valence-corrected chi connectivity index (χ2v) is 6.57. The molecule has 0 spiro atoms. The summed E-state index contributed by atoms with van der Waals surface area (Å²) in [5, 5.41) is 5.34. The lowest BCUT2D eigenvalue weighted by molar-refractivity contribution is 0.102. The zero-order valence-electron chi connectivity index (χ0n) is 13.6. The van der Waals surface area contributed by atoms with E-state index in [4.69, 9.17) is 9.47 Å². The fourth-order valence-corrected chi connectivity index (χ4v) is 3.26. The van der Waals surface area contributed by atoms with Crippen LogP contribution < -0.4 is 14.8 Å². The molecule has 0 saturated heterocycles. The molecule has 0 bridgehead atoms. The quantitative estimate of drug-likeness (QED) is 0.769. The molecule has 0 saturated carbocycles. The van der Waals surface area contributed by atoms with Gasteiger partial charge >= 0.3 is 0 Å². The number of benzene rings is 2. The molecular weight excluding hydrogens is 336 g/mol. The molecule has 0 fully saturated rings. The molecule has 126 valence electrons. The predicted molar refractivity (Wildman–Crippen MR) is 97.7 cm³/mol. The zero-order chi connectivity index (χ0) is 17.2. The van der Waals surface area contributed by atoms with E-state index >= 15 is 0 Å². The first-order valence-electron chi connectivity index (χ1n) is 7.92. The predicted octanol–water partition coefficient (Wildman–Crippen LogP) is 4.14. The van der Waals surface area contributed by atoms with E-state index in [-0.39, 0.29) is 5.91 Å². The highest BCUT2D eigenvalue weighted by Gasteiger charge is 2.16. The van der Waals surface area contributed by atoms with Crippen LogP contribution in [0.4, 0.5) is 5.13 Å². The molecule has 0 aliphatic carbocycles. The summed E-state index contributed by atoms with van der Waals surface area (Å²) in [6.07, 6.45) is 0. The first-order valence-corrected chi connectivity index (χ1v) is 8.80. The summed E-state index contributed by atoms with van der Waals surface area (Å²) in [5.74, 6) is 1.04. The Kier molecular flexibility index (Phi) is 4.11. The number of nitrogens with one attached hydrogen (secondary N) is 1. The Morgan fingerprint density at radius 2 is 1.84 bits per heavy atom. The number of aryl methyl sites for hydroxylation is 1. The monoisotopic (exact) mass is 352 g/mol. The molecule has 3 aromatic rings. The van der Waals surface area contributed by atoms with E-state index in [9.17, 15) is 4.79 Å². The Labute approximate surface area is 149 Å². The van der Waals surface area contributed by atoms with Gasteiger partial charge in [-0.25, -0.2) is 4.98 Å². The topological polar surface area (TPSA) is 60.5 Å². The molecule has 0 unspecified atom stereocenters. The highest BCUT2D eigenvalue weighted by molar-refractivity contribution is 7.14. The van der Waals surface area contributed by atoms with Crippen molar-refractivity contribution in [3.05, 3.63) is 59.0 Å². The SMILES string of the molecule is Cc1ccc(-c2csc(NC(=O)c3ccc4c(c3)OCCO4)n2)cc1. The summed E-state index contributed by atoms with van der Waals surface area (Å²) in [5.41, 5.74) is 3.59. The lowest BCUT2D eigenvalue weighted by atomic mass is 10.1. The Morgan fingerprint density at radius 3 is 2.64 bits per heavy atom. The number of anilines is 1. The van der Waals surface area contributed by atoms with Crippen molar-refractivity contribution in [1.29, 1.82) is 0 Å². The third-order valence-corrected chi connectivity index (χ3v) is 4.63. The van der Waals surface area contributed by atoms with Gasteiger partial charge in [-0.3, -0.25) is 10.1 Å². The number of fused-ring (bicyclic) bond motifs is 1. The number of aromatic nitrogens is 1. The standard InChI is InChI=1S/C19H16N2O3S/c1-12-2-4-13(5-3-12)15-11-25-19(20-15)21-18(22)14-6-7-16-17(10-14)24-9-8-23-16/h2-7,10-11H,8-9H2,1H3,(H,20,21,22). The molecule has 6 heteroatoms. The minimum Gasteiger partial charge on any atom is -0.486 e. The summed E-state index contributed by atoms with van der Waals surface area (Å²) >= 11 is 1.40. The maximum Gasteiger partial charge on any atom is 0.257 e. The minimum atomic E-state index is -0.221. The number of nitrogens with zero attached hydrogens (tertiary/aromatic N) is 1.